The fourth-order valence-electron chi connectivity index (χ4n) is 3.66. The molecule has 1 aliphatic heterocycles. The van der Waals surface area contributed by atoms with Gasteiger partial charge < -0.3 is 15.5 Å². The maximum absolute atomic E-state index is 4.84. The average molecular weight is 374 g/mol. The van der Waals surface area contributed by atoms with Gasteiger partial charge in [-0.1, -0.05) is 24.3 Å². The van der Waals surface area contributed by atoms with Crippen molar-refractivity contribution in [1.82, 2.24) is 25.2 Å². The van der Waals surface area contributed by atoms with E-state index in [0.29, 0.717) is 0 Å². The molecule has 6 heteroatoms. The lowest BCUT2D eigenvalue weighted by molar-refractivity contribution is 0.310. The summed E-state index contributed by atoms with van der Waals surface area (Å²) in [6.45, 7) is 4.50. The van der Waals surface area contributed by atoms with Crippen molar-refractivity contribution in [1.29, 1.82) is 0 Å². The molecule has 0 aliphatic carbocycles. The summed E-state index contributed by atoms with van der Waals surface area (Å²) in [7, 11) is 4.23. The van der Waals surface area contributed by atoms with Gasteiger partial charge in [0.1, 0.15) is 5.82 Å². The smallest absolute Gasteiger partial charge is 0.163 e. The number of likely N-dealkylation sites (N-methyl/N-ethyl adjacent to an activating group) is 1. The highest BCUT2D eigenvalue weighted by molar-refractivity contribution is 5.59. The van der Waals surface area contributed by atoms with Crippen molar-refractivity contribution in [2.75, 3.05) is 26.0 Å². The fraction of sp³-hybridized carbons (Fsp3) is 0.318. The van der Waals surface area contributed by atoms with Gasteiger partial charge in [-0.25, -0.2) is 9.97 Å². The quantitative estimate of drug-likeness (QED) is 0.691. The van der Waals surface area contributed by atoms with Crippen LogP contribution in [0.2, 0.25) is 0 Å². The summed E-state index contributed by atoms with van der Waals surface area (Å²) in [4.78, 5) is 16.1. The van der Waals surface area contributed by atoms with Crippen LogP contribution in [0.25, 0.3) is 11.4 Å². The average Bonchev–Trinajstić information content (AvgIpc) is 3.18. The standard InChI is InChI=1S/C22H26N6/c1-15-7-4-5-9-17(15)20(28(2)3)14-25-22-18-12-24-13-19(18)26-21(27-22)16-8-6-10-23-11-16/h4-11,20,24H,12-14H2,1-3H3,(H,25,26,27)/t20-/m0/s1. The highest BCUT2D eigenvalue weighted by Crippen LogP contribution is 2.27. The van der Waals surface area contributed by atoms with Gasteiger partial charge in [0.15, 0.2) is 5.82 Å². The zero-order chi connectivity index (χ0) is 19.5. The van der Waals surface area contributed by atoms with E-state index in [1.807, 2.05) is 18.3 Å². The molecule has 3 aromatic rings. The molecule has 0 fully saturated rings. The van der Waals surface area contributed by atoms with Crippen molar-refractivity contribution in [3.63, 3.8) is 0 Å². The van der Waals surface area contributed by atoms with Crippen LogP contribution in [0.15, 0.2) is 48.8 Å². The minimum Gasteiger partial charge on any atom is -0.368 e. The van der Waals surface area contributed by atoms with Crippen LogP contribution in [0.5, 0.6) is 0 Å². The van der Waals surface area contributed by atoms with Crippen molar-refractivity contribution in [2.24, 2.45) is 0 Å². The zero-order valence-corrected chi connectivity index (χ0v) is 16.6. The number of aryl methyl sites for hydroxylation is 1. The number of nitrogens with one attached hydrogen (secondary N) is 2. The molecule has 2 aromatic heterocycles. The predicted octanol–water partition coefficient (Wildman–Crippen LogP) is 3.17. The van der Waals surface area contributed by atoms with Crippen molar-refractivity contribution in [3.8, 4) is 11.4 Å². The monoisotopic (exact) mass is 374 g/mol. The van der Waals surface area contributed by atoms with Gasteiger partial charge in [-0.15, -0.1) is 0 Å². The summed E-state index contributed by atoms with van der Waals surface area (Å²) in [5.41, 5.74) is 5.79. The minimum atomic E-state index is 0.253. The van der Waals surface area contributed by atoms with Gasteiger partial charge in [0, 0.05) is 43.2 Å². The van der Waals surface area contributed by atoms with Crippen LogP contribution in [-0.4, -0.2) is 40.5 Å². The largest absolute Gasteiger partial charge is 0.368 e. The third-order valence-electron chi connectivity index (χ3n) is 5.24. The lowest BCUT2D eigenvalue weighted by atomic mass is 10.0. The van der Waals surface area contributed by atoms with Crippen LogP contribution in [0.3, 0.4) is 0 Å². The Morgan fingerprint density at radius 1 is 1.11 bits per heavy atom. The Balaban J connectivity index is 1.64. The number of hydrogen-bond acceptors (Lipinski definition) is 6. The summed E-state index contributed by atoms with van der Waals surface area (Å²) in [6, 6.07) is 12.7. The normalized spacial score (nSPS) is 14.1. The molecule has 1 atom stereocenters. The Kier molecular flexibility index (Phi) is 5.32. The van der Waals surface area contributed by atoms with E-state index in [-0.39, 0.29) is 6.04 Å². The third kappa shape index (κ3) is 3.74. The Labute approximate surface area is 166 Å². The van der Waals surface area contributed by atoms with Crippen molar-refractivity contribution in [3.05, 3.63) is 71.2 Å². The Bertz CT molecular complexity index is 954. The van der Waals surface area contributed by atoms with E-state index < -0.39 is 0 Å². The molecule has 3 heterocycles. The number of aromatic nitrogens is 3. The number of benzene rings is 1. The van der Waals surface area contributed by atoms with Crippen LogP contribution in [0, 0.1) is 6.92 Å². The third-order valence-corrected chi connectivity index (χ3v) is 5.24. The van der Waals surface area contributed by atoms with E-state index in [4.69, 9.17) is 9.97 Å². The fourth-order valence-corrected chi connectivity index (χ4v) is 3.66. The molecule has 0 saturated carbocycles. The summed E-state index contributed by atoms with van der Waals surface area (Å²) < 4.78 is 0. The number of rotatable bonds is 6. The molecule has 0 spiro atoms. The number of nitrogens with zero attached hydrogens (tertiary/aromatic N) is 4. The number of hydrogen-bond donors (Lipinski definition) is 2. The summed E-state index contributed by atoms with van der Waals surface area (Å²) >= 11 is 0. The lowest BCUT2D eigenvalue weighted by Crippen LogP contribution is -2.28. The molecule has 0 unspecified atom stereocenters. The molecule has 0 radical (unpaired) electrons. The second-order valence-corrected chi connectivity index (χ2v) is 7.38. The molecule has 28 heavy (non-hydrogen) atoms. The maximum Gasteiger partial charge on any atom is 0.163 e. The van der Waals surface area contributed by atoms with Crippen molar-refractivity contribution in [2.45, 2.75) is 26.1 Å². The molecular formula is C22H26N6. The molecule has 0 saturated heterocycles. The second kappa shape index (κ2) is 8.04. The number of anilines is 1. The Hall–Kier alpha value is -2.83. The minimum absolute atomic E-state index is 0.253. The van der Waals surface area contributed by atoms with Gasteiger partial charge in [-0.2, -0.15) is 0 Å². The number of pyridine rings is 1. The first-order valence-electron chi connectivity index (χ1n) is 9.60. The maximum atomic E-state index is 4.84. The van der Waals surface area contributed by atoms with E-state index in [0.717, 1.165) is 48.1 Å². The first kappa shape index (κ1) is 18.5. The van der Waals surface area contributed by atoms with E-state index >= 15 is 0 Å². The molecule has 6 nitrogen and oxygen atoms in total. The van der Waals surface area contributed by atoms with Crippen LogP contribution < -0.4 is 10.6 Å². The second-order valence-electron chi connectivity index (χ2n) is 7.38. The molecule has 144 valence electrons. The van der Waals surface area contributed by atoms with Gasteiger partial charge >= 0.3 is 0 Å². The van der Waals surface area contributed by atoms with Gasteiger partial charge in [0.25, 0.3) is 0 Å². The van der Waals surface area contributed by atoms with E-state index in [1.165, 1.54) is 11.1 Å². The van der Waals surface area contributed by atoms with Crippen LogP contribution in [-0.2, 0) is 13.1 Å². The van der Waals surface area contributed by atoms with Crippen molar-refractivity contribution >= 4 is 5.82 Å². The number of fused-ring (bicyclic) bond motifs is 1. The molecule has 4 rings (SSSR count). The van der Waals surface area contributed by atoms with Gasteiger partial charge in [-0.3, -0.25) is 4.98 Å². The molecular weight excluding hydrogens is 348 g/mol. The van der Waals surface area contributed by atoms with E-state index in [2.05, 4.69) is 65.8 Å². The molecule has 2 N–H and O–H groups in total. The zero-order valence-electron chi connectivity index (χ0n) is 16.6. The van der Waals surface area contributed by atoms with Crippen LogP contribution >= 0.6 is 0 Å². The SMILES string of the molecule is Cc1ccccc1[C@H](CNc1nc(-c2cccnc2)nc2c1CNC2)N(C)C. The highest BCUT2D eigenvalue weighted by atomic mass is 15.1. The summed E-state index contributed by atoms with van der Waals surface area (Å²) in [6.07, 6.45) is 3.57. The molecule has 0 amide bonds. The molecule has 0 bridgehead atoms. The van der Waals surface area contributed by atoms with E-state index in [9.17, 15) is 0 Å². The first-order chi connectivity index (χ1) is 13.6. The topological polar surface area (TPSA) is 66.0 Å². The Morgan fingerprint density at radius 2 is 1.96 bits per heavy atom. The first-order valence-corrected chi connectivity index (χ1v) is 9.60. The van der Waals surface area contributed by atoms with Crippen LogP contribution in [0.4, 0.5) is 5.82 Å². The summed E-state index contributed by atoms with van der Waals surface area (Å²) in [5, 5.41) is 7.00. The van der Waals surface area contributed by atoms with Gasteiger partial charge in [-0.05, 0) is 44.3 Å². The van der Waals surface area contributed by atoms with E-state index in [1.54, 1.807) is 6.20 Å². The van der Waals surface area contributed by atoms with Crippen molar-refractivity contribution < 1.29 is 0 Å². The lowest BCUT2D eigenvalue weighted by Gasteiger charge is -2.27. The predicted molar refractivity (Wildman–Crippen MR) is 112 cm³/mol. The van der Waals surface area contributed by atoms with Gasteiger partial charge in [0.05, 0.1) is 11.7 Å². The van der Waals surface area contributed by atoms with Gasteiger partial charge in [0.2, 0.25) is 0 Å². The molecule has 1 aromatic carbocycles. The summed E-state index contributed by atoms with van der Waals surface area (Å²) in [5.74, 6) is 1.63. The van der Waals surface area contributed by atoms with Crippen LogP contribution in [0.1, 0.15) is 28.4 Å². The Morgan fingerprint density at radius 3 is 2.71 bits per heavy atom. The molecule has 1 aliphatic rings. The highest BCUT2D eigenvalue weighted by Gasteiger charge is 2.22.